The third-order valence-electron chi connectivity index (χ3n) is 6.45. The first-order valence-corrected chi connectivity index (χ1v) is 13.6. The molecule has 3 heterocycles. The summed E-state index contributed by atoms with van der Waals surface area (Å²) in [5.41, 5.74) is 1.86. The lowest BCUT2D eigenvalue weighted by atomic mass is 9.93. The average Bonchev–Trinajstić information content (AvgIpc) is 3.36. The molecule has 0 bridgehead atoms. The van der Waals surface area contributed by atoms with Crippen molar-refractivity contribution < 1.29 is 21.9 Å². The zero-order valence-electron chi connectivity index (χ0n) is 18.8. The van der Waals surface area contributed by atoms with Crippen LogP contribution in [0.15, 0.2) is 53.7 Å². The van der Waals surface area contributed by atoms with E-state index in [1.807, 2.05) is 0 Å². The number of sulfonamides is 1. The number of hydrogen-bond donors (Lipinski definition) is 1. The number of nitrogens with zero attached hydrogens (tertiary/aromatic N) is 4. The standard InChI is InChI=1S/C23H25F2N5O3S2/c24-8-9-29-10-11-30(21(14-29)16-1-3-17(25)4-2-16)20-7-12-33-22-13-18(5-6-19(20)22)35(31,32)28-23-26-15-27-34-23/h1-6,13,15,20-21H,7-12,14H2,(H,26,27,28). The van der Waals surface area contributed by atoms with Crippen LogP contribution in [0, 0.1) is 5.82 Å². The second-order valence-corrected chi connectivity index (χ2v) is 11.0. The Morgan fingerprint density at radius 2 is 1.97 bits per heavy atom. The summed E-state index contributed by atoms with van der Waals surface area (Å²) >= 11 is 0.955. The van der Waals surface area contributed by atoms with E-state index in [-0.39, 0.29) is 27.9 Å². The predicted molar refractivity (Wildman–Crippen MR) is 128 cm³/mol. The molecule has 1 saturated heterocycles. The minimum absolute atomic E-state index is 0.0193. The van der Waals surface area contributed by atoms with Gasteiger partial charge in [-0.3, -0.25) is 14.5 Å². The van der Waals surface area contributed by atoms with Crippen molar-refractivity contribution in [3.05, 3.63) is 65.7 Å². The van der Waals surface area contributed by atoms with Gasteiger partial charge >= 0.3 is 0 Å². The lowest BCUT2D eigenvalue weighted by Crippen LogP contribution is -2.50. The third kappa shape index (κ3) is 5.15. The summed E-state index contributed by atoms with van der Waals surface area (Å²) in [5.74, 6) is 0.217. The molecular formula is C23H25F2N5O3S2. The summed E-state index contributed by atoms with van der Waals surface area (Å²) in [6.07, 6.45) is 2.01. The normalized spacial score (nSPS) is 21.3. The zero-order valence-corrected chi connectivity index (χ0v) is 20.4. The van der Waals surface area contributed by atoms with E-state index in [4.69, 9.17) is 4.74 Å². The number of aromatic nitrogens is 2. The van der Waals surface area contributed by atoms with Gasteiger partial charge in [-0.15, -0.1) is 0 Å². The molecule has 1 N–H and O–H groups in total. The number of rotatable bonds is 7. The van der Waals surface area contributed by atoms with Crippen LogP contribution in [-0.4, -0.2) is 67.0 Å². The molecule has 1 aromatic heterocycles. The number of fused-ring (bicyclic) bond motifs is 1. The molecule has 2 atom stereocenters. The van der Waals surface area contributed by atoms with Gasteiger partial charge in [0.25, 0.3) is 10.0 Å². The molecule has 2 unspecified atom stereocenters. The number of hydrogen-bond acceptors (Lipinski definition) is 8. The molecule has 2 aliphatic heterocycles. The van der Waals surface area contributed by atoms with E-state index in [1.165, 1.54) is 24.5 Å². The summed E-state index contributed by atoms with van der Waals surface area (Å²) in [7, 11) is -3.84. The Hall–Kier alpha value is -2.67. The topological polar surface area (TPSA) is 87.7 Å². The molecular weight excluding hydrogens is 496 g/mol. The minimum atomic E-state index is -3.84. The molecule has 12 heteroatoms. The first kappa shape index (κ1) is 24.0. The Kier molecular flexibility index (Phi) is 6.96. The highest BCUT2D eigenvalue weighted by atomic mass is 32.2. The van der Waals surface area contributed by atoms with Gasteiger partial charge in [0, 0.05) is 67.8 Å². The molecule has 186 valence electrons. The van der Waals surface area contributed by atoms with Crippen LogP contribution < -0.4 is 9.46 Å². The monoisotopic (exact) mass is 521 g/mol. The summed E-state index contributed by atoms with van der Waals surface area (Å²) in [6, 6.07) is 11.3. The minimum Gasteiger partial charge on any atom is -0.493 e. The van der Waals surface area contributed by atoms with Crippen LogP contribution in [0.25, 0.3) is 0 Å². The van der Waals surface area contributed by atoms with E-state index in [2.05, 4.69) is 23.9 Å². The molecule has 0 amide bonds. The SMILES string of the molecule is O=S(=O)(Nc1ncns1)c1ccc2c(c1)OCCC2N1CCN(CCF)CC1c1ccc(F)cc1. The van der Waals surface area contributed by atoms with Gasteiger partial charge in [-0.2, -0.15) is 4.37 Å². The predicted octanol–water partition coefficient (Wildman–Crippen LogP) is 3.63. The van der Waals surface area contributed by atoms with Crippen molar-refractivity contribution in [2.45, 2.75) is 23.4 Å². The van der Waals surface area contributed by atoms with E-state index >= 15 is 0 Å². The van der Waals surface area contributed by atoms with Crippen molar-refractivity contribution in [3.63, 3.8) is 0 Å². The van der Waals surface area contributed by atoms with Crippen LogP contribution in [0.3, 0.4) is 0 Å². The van der Waals surface area contributed by atoms with Gasteiger partial charge in [-0.1, -0.05) is 18.2 Å². The fraction of sp³-hybridized carbons (Fsp3) is 0.391. The summed E-state index contributed by atoms with van der Waals surface area (Å²) in [5, 5.41) is 0.190. The molecule has 3 aromatic rings. The smallest absolute Gasteiger partial charge is 0.263 e. The van der Waals surface area contributed by atoms with Crippen LogP contribution in [0.5, 0.6) is 5.75 Å². The van der Waals surface area contributed by atoms with Crippen molar-refractivity contribution in [3.8, 4) is 5.75 Å². The van der Waals surface area contributed by atoms with E-state index in [0.717, 1.165) is 29.1 Å². The van der Waals surface area contributed by atoms with Crippen molar-refractivity contribution in [1.29, 1.82) is 0 Å². The van der Waals surface area contributed by atoms with Gasteiger partial charge in [0.15, 0.2) is 0 Å². The van der Waals surface area contributed by atoms with Gasteiger partial charge in [0.1, 0.15) is 24.6 Å². The molecule has 0 saturated carbocycles. The first-order chi connectivity index (χ1) is 16.9. The van der Waals surface area contributed by atoms with Gasteiger partial charge in [-0.05, 0) is 23.8 Å². The number of benzene rings is 2. The maximum atomic E-state index is 13.6. The Labute approximate surface area is 206 Å². The van der Waals surface area contributed by atoms with Crippen molar-refractivity contribution in [1.82, 2.24) is 19.2 Å². The van der Waals surface area contributed by atoms with Gasteiger partial charge in [-0.25, -0.2) is 22.2 Å². The summed E-state index contributed by atoms with van der Waals surface area (Å²) < 4.78 is 64.5. The number of halogens is 2. The second-order valence-electron chi connectivity index (χ2n) is 8.50. The number of alkyl halides is 1. The van der Waals surface area contributed by atoms with Crippen LogP contribution in [0.1, 0.15) is 29.6 Å². The Balaban J connectivity index is 1.44. The molecule has 0 spiro atoms. The van der Waals surface area contributed by atoms with Crippen molar-refractivity contribution >= 4 is 26.7 Å². The average molecular weight is 522 g/mol. The Bertz CT molecular complexity index is 1260. The molecule has 35 heavy (non-hydrogen) atoms. The number of piperazine rings is 1. The molecule has 1 fully saturated rings. The number of nitrogens with one attached hydrogen (secondary N) is 1. The maximum Gasteiger partial charge on any atom is 0.263 e. The third-order valence-corrected chi connectivity index (χ3v) is 8.49. The zero-order chi connectivity index (χ0) is 24.4. The highest BCUT2D eigenvalue weighted by Crippen LogP contribution is 2.42. The largest absolute Gasteiger partial charge is 0.493 e. The van der Waals surface area contributed by atoms with Crippen molar-refractivity contribution in [2.75, 3.05) is 44.2 Å². The van der Waals surface area contributed by atoms with E-state index < -0.39 is 16.7 Å². The molecule has 8 nitrogen and oxygen atoms in total. The van der Waals surface area contributed by atoms with Crippen LogP contribution in [0.4, 0.5) is 13.9 Å². The van der Waals surface area contributed by atoms with Crippen LogP contribution in [-0.2, 0) is 10.0 Å². The first-order valence-electron chi connectivity index (χ1n) is 11.3. The molecule has 2 aromatic carbocycles. The van der Waals surface area contributed by atoms with E-state index in [1.54, 1.807) is 24.3 Å². The van der Waals surface area contributed by atoms with Crippen molar-refractivity contribution in [2.24, 2.45) is 0 Å². The highest BCUT2D eigenvalue weighted by Gasteiger charge is 2.36. The summed E-state index contributed by atoms with van der Waals surface area (Å²) in [4.78, 5) is 8.38. The molecule has 0 aliphatic carbocycles. The lowest BCUT2D eigenvalue weighted by Gasteiger charge is -2.46. The second kappa shape index (κ2) is 10.1. The molecule has 0 radical (unpaired) electrons. The number of anilines is 1. The van der Waals surface area contributed by atoms with Gasteiger partial charge in [0.2, 0.25) is 5.13 Å². The fourth-order valence-corrected chi connectivity index (χ4v) is 6.46. The summed E-state index contributed by atoms with van der Waals surface area (Å²) in [6.45, 7) is 2.42. The molecule has 5 rings (SSSR count). The van der Waals surface area contributed by atoms with E-state index in [0.29, 0.717) is 38.5 Å². The van der Waals surface area contributed by atoms with Gasteiger partial charge in [0.05, 0.1) is 11.5 Å². The highest BCUT2D eigenvalue weighted by molar-refractivity contribution is 7.93. The lowest BCUT2D eigenvalue weighted by molar-refractivity contribution is 0.0218. The Morgan fingerprint density at radius 3 is 2.71 bits per heavy atom. The maximum absolute atomic E-state index is 13.6. The molecule has 2 aliphatic rings. The van der Waals surface area contributed by atoms with Crippen LogP contribution in [0.2, 0.25) is 0 Å². The van der Waals surface area contributed by atoms with Crippen LogP contribution >= 0.6 is 11.5 Å². The Morgan fingerprint density at radius 1 is 1.14 bits per heavy atom. The quantitative estimate of drug-likeness (QED) is 0.508. The van der Waals surface area contributed by atoms with Gasteiger partial charge < -0.3 is 4.74 Å². The van der Waals surface area contributed by atoms with E-state index in [9.17, 15) is 17.2 Å². The fourth-order valence-electron chi connectivity index (χ4n) is 4.79. The number of ether oxygens (including phenoxy) is 1.